The van der Waals surface area contributed by atoms with Gasteiger partial charge in [-0.2, -0.15) is 0 Å². The zero-order valence-corrected chi connectivity index (χ0v) is 10.1. The van der Waals surface area contributed by atoms with E-state index in [0.29, 0.717) is 17.9 Å². The lowest BCUT2D eigenvalue weighted by Gasteiger charge is -2.02. The second-order valence-corrected chi connectivity index (χ2v) is 4.42. The van der Waals surface area contributed by atoms with Crippen molar-refractivity contribution in [1.82, 2.24) is 9.59 Å². The minimum absolute atomic E-state index is 0.130. The number of carbonyl (C=O) groups excluding carboxylic acids is 1. The molecule has 0 aromatic carbocycles. The molecular weight excluding hydrogens is 212 g/mol. The standard InChI is InChI=1S/C10H16N2O2S/c1-7(2)9-10(15-12-11-9)8(13)5-4-6-14-3/h7H,4-6H2,1-3H3. The number of aromatic nitrogens is 2. The molecule has 5 heteroatoms. The maximum absolute atomic E-state index is 11.8. The quantitative estimate of drug-likeness (QED) is 0.553. The van der Waals surface area contributed by atoms with E-state index in [9.17, 15) is 4.79 Å². The topological polar surface area (TPSA) is 52.1 Å². The molecule has 0 N–H and O–H groups in total. The van der Waals surface area contributed by atoms with Gasteiger partial charge in [-0.05, 0) is 23.9 Å². The van der Waals surface area contributed by atoms with Crippen LogP contribution in [0.5, 0.6) is 0 Å². The van der Waals surface area contributed by atoms with E-state index in [-0.39, 0.29) is 11.7 Å². The summed E-state index contributed by atoms with van der Waals surface area (Å²) in [6, 6.07) is 0. The molecule has 0 aliphatic carbocycles. The van der Waals surface area contributed by atoms with E-state index in [0.717, 1.165) is 12.1 Å². The lowest BCUT2D eigenvalue weighted by Crippen LogP contribution is -2.03. The van der Waals surface area contributed by atoms with Crippen molar-refractivity contribution in [2.45, 2.75) is 32.6 Å². The van der Waals surface area contributed by atoms with Crippen LogP contribution in [0, 0.1) is 0 Å². The molecule has 1 aromatic rings. The lowest BCUT2D eigenvalue weighted by molar-refractivity contribution is 0.0966. The van der Waals surface area contributed by atoms with Gasteiger partial charge in [-0.3, -0.25) is 4.79 Å². The van der Waals surface area contributed by atoms with Gasteiger partial charge in [-0.15, -0.1) is 5.10 Å². The van der Waals surface area contributed by atoms with E-state index in [2.05, 4.69) is 9.59 Å². The van der Waals surface area contributed by atoms with Gasteiger partial charge in [0.1, 0.15) is 4.88 Å². The molecule has 0 unspecified atom stereocenters. The Morgan fingerprint density at radius 1 is 1.53 bits per heavy atom. The number of hydrogen-bond acceptors (Lipinski definition) is 5. The van der Waals surface area contributed by atoms with Gasteiger partial charge in [0.15, 0.2) is 5.78 Å². The number of hydrogen-bond donors (Lipinski definition) is 0. The highest BCUT2D eigenvalue weighted by atomic mass is 32.1. The van der Waals surface area contributed by atoms with E-state index in [4.69, 9.17) is 4.74 Å². The van der Waals surface area contributed by atoms with E-state index in [1.54, 1.807) is 7.11 Å². The van der Waals surface area contributed by atoms with E-state index >= 15 is 0 Å². The Kier molecular flexibility index (Phi) is 4.84. The van der Waals surface area contributed by atoms with Crippen molar-refractivity contribution in [2.24, 2.45) is 0 Å². The summed E-state index contributed by atoms with van der Waals surface area (Å²) in [6.45, 7) is 4.65. The molecule has 1 rings (SSSR count). The van der Waals surface area contributed by atoms with Crippen molar-refractivity contribution in [3.05, 3.63) is 10.6 Å². The van der Waals surface area contributed by atoms with Gasteiger partial charge in [-0.1, -0.05) is 18.3 Å². The first-order valence-electron chi connectivity index (χ1n) is 5.01. The van der Waals surface area contributed by atoms with Crippen molar-refractivity contribution in [2.75, 3.05) is 13.7 Å². The first-order chi connectivity index (χ1) is 7.16. The third-order valence-electron chi connectivity index (χ3n) is 2.07. The Morgan fingerprint density at radius 3 is 2.87 bits per heavy atom. The molecule has 84 valence electrons. The van der Waals surface area contributed by atoms with Crippen LogP contribution in [0.4, 0.5) is 0 Å². The van der Waals surface area contributed by atoms with Crippen LogP contribution in [-0.4, -0.2) is 29.1 Å². The number of ketones is 1. The maximum atomic E-state index is 11.8. The highest BCUT2D eigenvalue weighted by molar-refractivity contribution is 7.08. The summed E-state index contributed by atoms with van der Waals surface area (Å²) in [7, 11) is 1.64. The molecule has 0 bridgehead atoms. The summed E-state index contributed by atoms with van der Waals surface area (Å²) in [4.78, 5) is 12.5. The average molecular weight is 228 g/mol. The third-order valence-corrected chi connectivity index (χ3v) is 2.85. The monoisotopic (exact) mass is 228 g/mol. The van der Waals surface area contributed by atoms with Crippen LogP contribution >= 0.6 is 11.5 Å². The van der Waals surface area contributed by atoms with Crippen LogP contribution in [0.1, 0.15) is 48.0 Å². The molecule has 0 radical (unpaired) electrons. The molecule has 0 atom stereocenters. The third kappa shape index (κ3) is 3.35. The first-order valence-corrected chi connectivity index (χ1v) is 5.78. The fourth-order valence-corrected chi connectivity index (χ4v) is 2.04. The van der Waals surface area contributed by atoms with Crippen molar-refractivity contribution >= 4 is 17.3 Å². The fourth-order valence-electron chi connectivity index (χ4n) is 1.26. The Balaban J connectivity index is 2.61. The fraction of sp³-hybridized carbons (Fsp3) is 0.700. The summed E-state index contributed by atoms with van der Waals surface area (Å²) in [6.07, 6.45) is 1.27. The predicted molar refractivity (Wildman–Crippen MR) is 59.4 cm³/mol. The second-order valence-electron chi connectivity index (χ2n) is 3.66. The number of ether oxygens (including phenoxy) is 1. The average Bonchev–Trinajstić information content (AvgIpc) is 2.66. The Labute approximate surface area is 93.8 Å². The van der Waals surface area contributed by atoms with E-state index < -0.39 is 0 Å². The van der Waals surface area contributed by atoms with Crippen LogP contribution in [-0.2, 0) is 4.74 Å². The summed E-state index contributed by atoms with van der Waals surface area (Å²) in [5, 5.41) is 3.98. The van der Waals surface area contributed by atoms with Crippen molar-refractivity contribution in [1.29, 1.82) is 0 Å². The molecule has 1 aromatic heterocycles. The van der Waals surface area contributed by atoms with Gasteiger partial charge in [0.25, 0.3) is 0 Å². The van der Waals surface area contributed by atoms with Gasteiger partial charge in [-0.25, -0.2) is 0 Å². The summed E-state index contributed by atoms with van der Waals surface area (Å²) >= 11 is 1.19. The smallest absolute Gasteiger partial charge is 0.176 e. The number of Topliss-reactive ketones (excluding diaryl/α,β-unsaturated/α-hetero) is 1. The second kappa shape index (κ2) is 5.92. The van der Waals surface area contributed by atoms with Gasteiger partial charge in [0, 0.05) is 20.1 Å². The minimum atomic E-state index is 0.130. The molecule has 0 fully saturated rings. The minimum Gasteiger partial charge on any atom is -0.385 e. The van der Waals surface area contributed by atoms with Gasteiger partial charge in [0.05, 0.1) is 5.69 Å². The predicted octanol–water partition coefficient (Wildman–Crippen LogP) is 2.27. The van der Waals surface area contributed by atoms with Crippen molar-refractivity contribution < 1.29 is 9.53 Å². The molecule has 15 heavy (non-hydrogen) atoms. The summed E-state index contributed by atoms with van der Waals surface area (Å²) in [5.74, 6) is 0.385. The zero-order valence-electron chi connectivity index (χ0n) is 9.32. The molecule has 1 heterocycles. The van der Waals surface area contributed by atoms with E-state index in [1.165, 1.54) is 11.5 Å². The highest BCUT2D eigenvalue weighted by Gasteiger charge is 2.17. The van der Waals surface area contributed by atoms with Crippen molar-refractivity contribution in [3.63, 3.8) is 0 Å². The van der Waals surface area contributed by atoms with Gasteiger partial charge < -0.3 is 4.74 Å². The number of carbonyl (C=O) groups is 1. The van der Waals surface area contributed by atoms with Gasteiger partial charge >= 0.3 is 0 Å². The lowest BCUT2D eigenvalue weighted by atomic mass is 10.1. The molecular formula is C10H16N2O2S. The maximum Gasteiger partial charge on any atom is 0.176 e. The Hall–Kier alpha value is -0.810. The van der Waals surface area contributed by atoms with Crippen LogP contribution in [0.15, 0.2) is 0 Å². The zero-order chi connectivity index (χ0) is 11.3. The molecule has 0 spiro atoms. The largest absolute Gasteiger partial charge is 0.385 e. The van der Waals surface area contributed by atoms with Crippen LogP contribution < -0.4 is 0 Å². The number of rotatable bonds is 6. The van der Waals surface area contributed by atoms with E-state index in [1.807, 2.05) is 13.8 Å². The van der Waals surface area contributed by atoms with Crippen LogP contribution in [0.3, 0.4) is 0 Å². The normalized spacial score (nSPS) is 10.9. The highest BCUT2D eigenvalue weighted by Crippen LogP contribution is 2.21. The first kappa shape index (κ1) is 12.3. The van der Waals surface area contributed by atoms with Crippen LogP contribution in [0.2, 0.25) is 0 Å². The molecule has 0 saturated heterocycles. The summed E-state index contributed by atoms with van der Waals surface area (Å²) in [5.41, 5.74) is 0.822. The molecule has 0 aliphatic rings. The summed E-state index contributed by atoms with van der Waals surface area (Å²) < 4.78 is 8.74. The Morgan fingerprint density at radius 2 is 2.27 bits per heavy atom. The SMILES string of the molecule is COCCCC(=O)c1snnc1C(C)C. The number of methoxy groups -OCH3 is 1. The molecule has 0 amide bonds. The molecule has 0 saturated carbocycles. The molecule has 0 aliphatic heterocycles. The Bertz CT molecular complexity index is 323. The van der Waals surface area contributed by atoms with Crippen molar-refractivity contribution in [3.8, 4) is 0 Å². The van der Waals surface area contributed by atoms with Crippen LogP contribution in [0.25, 0.3) is 0 Å². The van der Waals surface area contributed by atoms with Gasteiger partial charge in [0.2, 0.25) is 0 Å². The molecule has 4 nitrogen and oxygen atoms in total. The number of nitrogens with zero attached hydrogens (tertiary/aromatic N) is 2.